The molecule has 0 aliphatic rings. The lowest BCUT2D eigenvalue weighted by atomic mass is 10.1. The molecule has 0 radical (unpaired) electrons. The molecule has 0 aliphatic carbocycles. The molecule has 6 heteroatoms. The van der Waals surface area contributed by atoms with Gasteiger partial charge in [0.15, 0.2) is 19.0 Å². The van der Waals surface area contributed by atoms with Gasteiger partial charge in [-0.15, -0.1) is 0 Å². The normalized spacial score (nSPS) is 10.2. The number of nitrogens with zero attached hydrogens (tertiary/aromatic N) is 1. The Morgan fingerprint density at radius 2 is 1.50 bits per heavy atom. The molecule has 0 atom stereocenters. The van der Waals surface area contributed by atoms with E-state index in [1.165, 1.54) is 24.5 Å². The first-order valence-electron chi connectivity index (χ1n) is 7.93. The van der Waals surface area contributed by atoms with Gasteiger partial charge in [-0.05, 0) is 23.3 Å². The summed E-state index contributed by atoms with van der Waals surface area (Å²) in [5.74, 6) is -1.11. The van der Waals surface area contributed by atoms with E-state index in [9.17, 15) is 14.8 Å². The SMILES string of the molecule is O=C(COC(=O)c1cc[n+]([O-])cc1)Nc1ccc(-c2ccccc2)cc1. The zero-order valence-electron chi connectivity index (χ0n) is 13.8. The van der Waals surface area contributed by atoms with E-state index in [2.05, 4.69) is 5.32 Å². The van der Waals surface area contributed by atoms with Gasteiger partial charge in [0.25, 0.3) is 5.91 Å². The Balaban J connectivity index is 1.53. The van der Waals surface area contributed by atoms with Crippen LogP contribution in [0.1, 0.15) is 10.4 Å². The molecule has 0 saturated carbocycles. The molecule has 0 saturated heterocycles. The molecule has 0 unspecified atom stereocenters. The average Bonchev–Trinajstić information content (AvgIpc) is 2.68. The number of carbonyl (C=O) groups is 2. The van der Waals surface area contributed by atoms with E-state index in [1.807, 2.05) is 42.5 Å². The van der Waals surface area contributed by atoms with Crippen LogP contribution in [0.5, 0.6) is 0 Å². The molecular formula is C20H16N2O4. The maximum absolute atomic E-state index is 11.9. The Labute approximate surface area is 150 Å². The summed E-state index contributed by atoms with van der Waals surface area (Å²) in [6.07, 6.45) is 2.37. The lowest BCUT2D eigenvalue weighted by Gasteiger charge is -2.08. The number of pyridine rings is 1. The number of anilines is 1. The third-order valence-corrected chi connectivity index (χ3v) is 3.65. The number of ether oxygens (including phenoxy) is 1. The molecule has 0 aliphatic heterocycles. The van der Waals surface area contributed by atoms with E-state index >= 15 is 0 Å². The van der Waals surface area contributed by atoms with Gasteiger partial charge >= 0.3 is 5.97 Å². The Hall–Kier alpha value is -3.67. The van der Waals surface area contributed by atoms with Gasteiger partial charge < -0.3 is 15.3 Å². The molecule has 1 N–H and O–H groups in total. The summed E-state index contributed by atoms with van der Waals surface area (Å²) < 4.78 is 5.49. The molecule has 2 aromatic carbocycles. The molecular weight excluding hydrogens is 332 g/mol. The van der Waals surface area contributed by atoms with Crippen LogP contribution in [0.3, 0.4) is 0 Å². The van der Waals surface area contributed by atoms with Crippen LogP contribution in [-0.4, -0.2) is 18.5 Å². The monoisotopic (exact) mass is 348 g/mol. The minimum Gasteiger partial charge on any atom is -0.619 e. The minimum atomic E-state index is -0.667. The number of esters is 1. The maximum Gasteiger partial charge on any atom is 0.339 e. The van der Waals surface area contributed by atoms with E-state index in [0.717, 1.165) is 11.1 Å². The van der Waals surface area contributed by atoms with Crippen molar-refractivity contribution < 1.29 is 19.1 Å². The largest absolute Gasteiger partial charge is 0.619 e. The van der Waals surface area contributed by atoms with Crippen molar-refractivity contribution in [1.29, 1.82) is 0 Å². The summed E-state index contributed by atoms with van der Waals surface area (Å²) in [5, 5.41) is 13.6. The first-order chi connectivity index (χ1) is 12.6. The van der Waals surface area contributed by atoms with Crippen molar-refractivity contribution in [2.24, 2.45) is 0 Å². The number of benzene rings is 2. The van der Waals surface area contributed by atoms with E-state index < -0.39 is 18.5 Å². The first kappa shape index (κ1) is 17.2. The molecule has 6 nitrogen and oxygen atoms in total. The van der Waals surface area contributed by atoms with Crippen LogP contribution in [0, 0.1) is 5.21 Å². The number of aromatic nitrogens is 1. The number of hydrogen-bond acceptors (Lipinski definition) is 4. The fourth-order valence-corrected chi connectivity index (χ4v) is 2.34. The topological polar surface area (TPSA) is 82.3 Å². The number of carbonyl (C=O) groups excluding carboxylic acids is 2. The van der Waals surface area contributed by atoms with Crippen LogP contribution >= 0.6 is 0 Å². The Bertz CT molecular complexity index is 891. The molecule has 26 heavy (non-hydrogen) atoms. The van der Waals surface area contributed by atoms with Crippen LogP contribution in [0.4, 0.5) is 5.69 Å². The fourth-order valence-electron chi connectivity index (χ4n) is 2.34. The Morgan fingerprint density at radius 1 is 0.885 bits per heavy atom. The fraction of sp³-hybridized carbons (Fsp3) is 0.0500. The molecule has 130 valence electrons. The van der Waals surface area contributed by atoms with Crippen LogP contribution in [-0.2, 0) is 9.53 Å². The van der Waals surface area contributed by atoms with Gasteiger partial charge in [0.1, 0.15) is 0 Å². The molecule has 3 aromatic rings. The zero-order valence-corrected chi connectivity index (χ0v) is 13.8. The quantitative estimate of drug-likeness (QED) is 0.437. The second kappa shape index (κ2) is 7.94. The molecule has 0 spiro atoms. The summed E-state index contributed by atoms with van der Waals surface area (Å²) in [7, 11) is 0. The van der Waals surface area contributed by atoms with Crippen molar-refractivity contribution in [1.82, 2.24) is 0 Å². The second-order valence-electron chi connectivity index (χ2n) is 5.51. The second-order valence-corrected chi connectivity index (χ2v) is 5.51. The van der Waals surface area contributed by atoms with Gasteiger partial charge in [-0.1, -0.05) is 42.5 Å². The average molecular weight is 348 g/mol. The zero-order chi connectivity index (χ0) is 18.4. The highest BCUT2D eigenvalue weighted by Crippen LogP contribution is 2.20. The van der Waals surface area contributed by atoms with E-state index in [0.29, 0.717) is 10.4 Å². The van der Waals surface area contributed by atoms with Crippen molar-refractivity contribution in [3.05, 3.63) is 89.9 Å². The third kappa shape index (κ3) is 4.45. The lowest BCUT2D eigenvalue weighted by Crippen LogP contribution is -2.25. The predicted octanol–water partition coefficient (Wildman–Crippen LogP) is 2.78. The van der Waals surface area contributed by atoms with Crippen molar-refractivity contribution >= 4 is 17.6 Å². The molecule has 1 amide bonds. The maximum atomic E-state index is 11.9. The summed E-state index contributed by atoms with van der Waals surface area (Å²) in [4.78, 5) is 23.7. The number of rotatable bonds is 5. The van der Waals surface area contributed by atoms with E-state index in [1.54, 1.807) is 12.1 Å². The van der Waals surface area contributed by atoms with Gasteiger partial charge in [-0.25, -0.2) is 4.79 Å². The smallest absolute Gasteiger partial charge is 0.339 e. The van der Waals surface area contributed by atoms with Crippen LogP contribution < -0.4 is 10.0 Å². The Kier molecular flexibility index (Phi) is 5.24. The van der Waals surface area contributed by atoms with Crippen molar-refractivity contribution in [3.63, 3.8) is 0 Å². The van der Waals surface area contributed by atoms with Crippen LogP contribution in [0.25, 0.3) is 11.1 Å². The molecule has 0 bridgehead atoms. The van der Waals surface area contributed by atoms with Gasteiger partial charge in [0.2, 0.25) is 0 Å². The van der Waals surface area contributed by atoms with Crippen molar-refractivity contribution in [2.75, 3.05) is 11.9 Å². The van der Waals surface area contributed by atoms with Crippen molar-refractivity contribution in [2.45, 2.75) is 0 Å². The summed E-state index contributed by atoms with van der Waals surface area (Å²) in [6.45, 7) is -0.411. The highest BCUT2D eigenvalue weighted by Gasteiger charge is 2.11. The number of hydrogen-bond donors (Lipinski definition) is 1. The number of amides is 1. The summed E-state index contributed by atoms with van der Waals surface area (Å²) >= 11 is 0. The number of nitrogens with one attached hydrogen (secondary N) is 1. The molecule has 0 fully saturated rings. The van der Waals surface area contributed by atoms with Gasteiger partial charge in [0.05, 0.1) is 5.56 Å². The van der Waals surface area contributed by atoms with Crippen LogP contribution in [0.15, 0.2) is 79.1 Å². The molecule has 3 rings (SSSR count). The van der Waals surface area contributed by atoms with Gasteiger partial charge in [-0.2, -0.15) is 4.73 Å². The highest BCUT2D eigenvalue weighted by atomic mass is 16.5. The summed E-state index contributed by atoms with van der Waals surface area (Å²) in [5.41, 5.74) is 2.94. The van der Waals surface area contributed by atoms with E-state index in [-0.39, 0.29) is 5.56 Å². The standard InChI is InChI=1S/C20H16N2O4/c23-19(14-26-20(24)17-10-12-22(25)13-11-17)21-18-8-6-16(7-9-18)15-4-2-1-3-5-15/h1-13H,14H2,(H,21,23). The Morgan fingerprint density at radius 3 is 2.15 bits per heavy atom. The van der Waals surface area contributed by atoms with Crippen LogP contribution in [0.2, 0.25) is 0 Å². The minimum absolute atomic E-state index is 0.206. The third-order valence-electron chi connectivity index (χ3n) is 3.65. The lowest BCUT2D eigenvalue weighted by molar-refractivity contribution is -0.605. The van der Waals surface area contributed by atoms with Crippen molar-refractivity contribution in [3.8, 4) is 11.1 Å². The molecule has 1 aromatic heterocycles. The highest BCUT2D eigenvalue weighted by molar-refractivity contribution is 5.95. The molecule has 1 heterocycles. The van der Waals surface area contributed by atoms with Gasteiger partial charge in [0, 0.05) is 17.8 Å². The van der Waals surface area contributed by atoms with E-state index in [4.69, 9.17) is 4.74 Å². The first-order valence-corrected chi connectivity index (χ1v) is 7.93. The van der Waals surface area contributed by atoms with Gasteiger partial charge in [-0.3, -0.25) is 4.79 Å². The summed E-state index contributed by atoms with van der Waals surface area (Å²) in [6, 6.07) is 19.9. The predicted molar refractivity (Wildman–Crippen MR) is 96.2 cm³/mol.